The molecule has 1 aromatic heterocycles. The first-order valence-electron chi connectivity index (χ1n) is 5.11. The Bertz CT molecular complexity index is 277. The zero-order valence-corrected chi connectivity index (χ0v) is 9.35. The fraction of sp³-hybridized carbons (Fsp3) is 0.636. The fourth-order valence-electron chi connectivity index (χ4n) is 2.37. The van der Waals surface area contributed by atoms with Crippen molar-refractivity contribution < 1.29 is 4.74 Å². The summed E-state index contributed by atoms with van der Waals surface area (Å²) in [6.45, 7) is 0. The summed E-state index contributed by atoms with van der Waals surface area (Å²) in [6, 6.07) is 2.15. The molecule has 1 aliphatic rings. The molecule has 1 aromatic rings. The molecule has 2 N–H and O–H groups in total. The van der Waals surface area contributed by atoms with Crippen LogP contribution < -0.4 is 5.73 Å². The minimum absolute atomic E-state index is 0.0428. The highest BCUT2D eigenvalue weighted by Crippen LogP contribution is 2.41. The smallest absolute Gasteiger partial charge is 0.0870 e. The van der Waals surface area contributed by atoms with Crippen LogP contribution in [0.3, 0.4) is 0 Å². The molecule has 0 spiro atoms. The van der Waals surface area contributed by atoms with Crippen molar-refractivity contribution in [1.82, 2.24) is 0 Å². The van der Waals surface area contributed by atoms with Crippen LogP contribution in [0.5, 0.6) is 0 Å². The maximum absolute atomic E-state index is 6.27. The summed E-state index contributed by atoms with van der Waals surface area (Å²) in [6.07, 6.45) is 4.68. The molecule has 3 heteroatoms. The van der Waals surface area contributed by atoms with E-state index in [4.69, 9.17) is 10.5 Å². The molecule has 78 valence electrons. The van der Waals surface area contributed by atoms with E-state index in [0.29, 0.717) is 0 Å². The number of nitrogens with two attached hydrogens (primary N) is 1. The summed E-state index contributed by atoms with van der Waals surface area (Å²) in [5.41, 5.74) is 7.40. The normalized spacial score (nSPS) is 22.4. The molecular formula is C11H17NOS. The van der Waals surface area contributed by atoms with Crippen LogP contribution in [0.1, 0.15) is 37.3 Å². The van der Waals surface area contributed by atoms with E-state index >= 15 is 0 Å². The van der Waals surface area contributed by atoms with Crippen molar-refractivity contribution in [2.24, 2.45) is 5.73 Å². The molecule has 14 heavy (non-hydrogen) atoms. The lowest BCUT2D eigenvalue weighted by Gasteiger charge is -2.33. The number of hydrogen-bond acceptors (Lipinski definition) is 3. The van der Waals surface area contributed by atoms with Crippen LogP contribution in [-0.4, -0.2) is 12.7 Å². The molecule has 1 fully saturated rings. The molecule has 2 nitrogen and oxygen atoms in total. The van der Waals surface area contributed by atoms with Crippen LogP contribution in [0, 0.1) is 0 Å². The zero-order valence-electron chi connectivity index (χ0n) is 8.53. The summed E-state index contributed by atoms with van der Waals surface area (Å²) in [7, 11) is 1.79. The van der Waals surface area contributed by atoms with Gasteiger partial charge in [0.05, 0.1) is 11.6 Å². The van der Waals surface area contributed by atoms with Crippen molar-refractivity contribution in [2.75, 3.05) is 7.11 Å². The minimum atomic E-state index is -0.0962. The Labute approximate surface area is 89.1 Å². The molecule has 0 aromatic carbocycles. The van der Waals surface area contributed by atoms with Gasteiger partial charge in [0.25, 0.3) is 0 Å². The Kier molecular flexibility index (Phi) is 2.91. The number of hydrogen-bond donors (Lipinski definition) is 1. The van der Waals surface area contributed by atoms with Gasteiger partial charge in [0.1, 0.15) is 0 Å². The average Bonchev–Trinajstić information content (AvgIpc) is 2.89. The lowest BCUT2D eigenvalue weighted by molar-refractivity contribution is -0.0263. The van der Waals surface area contributed by atoms with E-state index in [1.54, 1.807) is 18.4 Å². The summed E-state index contributed by atoms with van der Waals surface area (Å²) in [5, 5.41) is 4.21. The summed E-state index contributed by atoms with van der Waals surface area (Å²) in [5.74, 6) is 0. The third kappa shape index (κ3) is 1.60. The maximum atomic E-state index is 6.27. The van der Waals surface area contributed by atoms with Crippen molar-refractivity contribution in [3.05, 3.63) is 22.4 Å². The monoisotopic (exact) mass is 211 g/mol. The number of thiophene rings is 1. The SMILES string of the molecule is COC1(C(N)c2ccsc2)CCCC1. The average molecular weight is 211 g/mol. The van der Waals surface area contributed by atoms with E-state index in [0.717, 1.165) is 12.8 Å². The highest BCUT2D eigenvalue weighted by molar-refractivity contribution is 7.07. The van der Waals surface area contributed by atoms with E-state index in [9.17, 15) is 0 Å². The summed E-state index contributed by atoms with van der Waals surface area (Å²) in [4.78, 5) is 0. The third-order valence-electron chi connectivity index (χ3n) is 3.33. The standard InChI is InChI=1S/C11H17NOS/c1-13-11(5-2-3-6-11)10(12)9-4-7-14-8-9/h4,7-8,10H,2-3,5-6,12H2,1H3. The molecule has 1 saturated carbocycles. The molecule has 0 saturated heterocycles. The van der Waals surface area contributed by atoms with Crippen LogP contribution in [0.15, 0.2) is 16.8 Å². The summed E-state index contributed by atoms with van der Waals surface area (Å²) >= 11 is 1.70. The second-order valence-corrected chi connectivity index (χ2v) is 4.79. The fourth-order valence-corrected chi connectivity index (χ4v) is 3.07. The van der Waals surface area contributed by atoms with E-state index in [2.05, 4.69) is 16.8 Å². The first kappa shape index (κ1) is 10.1. The second kappa shape index (κ2) is 4.01. The van der Waals surface area contributed by atoms with Crippen LogP contribution in [0.25, 0.3) is 0 Å². The quantitative estimate of drug-likeness (QED) is 0.834. The van der Waals surface area contributed by atoms with Gasteiger partial charge in [-0.2, -0.15) is 11.3 Å². The molecular weight excluding hydrogens is 194 g/mol. The molecule has 1 heterocycles. The van der Waals surface area contributed by atoms with Crippen LogP contribution >= 0.6 is 11.3 Å². The van der Waals surface area contributed by atoms with Crippen molar-refractivity contribution >= 4 is 11.3 Å². The lowest BCUT2D eigenvalue weighted by Crippen LogP contribution is -2.40. The molecule has 0 amide bonds. The summed E-state index contributed by atoms with van der Waals surface area (Å²) < 4.78 is 5.66. The lowest BCUT2D eigenvalue weighted by atomic mass is 9.89. The van der Waals surface area contributed by atoms with Crippen LogP contribution in [0.4, 0.5) is 0 Å². The predicted molar refractivity (Wildman–Crippen MR) is 59.5 cm³/mol. The van der Waals surface area contributed by atoms with Gasteiger partial charge in [-0.05, 0) is 35.2 Å². The van der Waals surface area contributed by atoms with Crippen molar-refractivity contribution in [1.29, 1.82) is 0 Å². The van der Waals surface area contributed by atoms with Gasteiger partial charge in [-0.25, -0.2) is 0 Å². The van der Waals surface area contributed by atoms with E-state index in [1.165, 1.54) is 18.4 Å². The third-order valence-corrected chi connectivity index (χ3v) is 4.03. The van der Waals surface area contributed by atoms with E-state index in [1.807, 2.05) is 0 Å². The van der Waals surface area contributed by atoms with Crippen LogP contribution in [-0.2, 0) is 4.74 Å². The Morgan fingerprint density at radius 2 is 2.21 bits per heavy atom. The van der Waals surface area contributed by atoms with Gasteiger partial charge >= 0.3 is 0 Å². The minimum Gasteiger partial charge on any atom is -0.376 e. The van der Waals surface area contributed by atoms with Gasteiger partial charge in [0, 0.05) is 7.11 Å². The number of rotatable bonds is 3. The van der Waals surface area contributed by atoms with E-state index < -0.39 is 0 Å². The Morgan fingerprint density at radius 3 is 2.71 bits per heavy atom. The molecule has 0 aliphatic heterocycles. The van der Waals surface area contributed by atoms with Gasteiger partial charge in [0.15, 0.2) is 0 Å². The number of methoxy groups -OCH3 is 1. The highest BCUT2D eigenvalue weighted by atomic mass is 32.1. The Balaban J connectivity index is 2.19. The first-order chi connectivity index (χ1) is 6.78. The van der Waals surface area contributed by atoms with Gasteiger partial charge in [-0.3, -0.25) is 0 Å². The van der Waals surface area contributed by atoms with Gasteiger partial charge in [0.2, 0.25) is 0 Å². The molecule has 0 radical (unpaired) electrons. The largest absolute Gasteiger partial charge is 0.376 e. The second-order valence-electron chi connectivity index (χ2n) is 4.01. The van der Waals surface area contributed by atoms with E-state index in [-0.39, 0.29) is 11.6 Å². The predicted octanol–water partition coefficient (Wildman–Crippen LogP) is 2.71. The molecule has 1 aliphatic carbocycles. The molecule has 0 bridgehead atoms. The number of ether oxygens (including phenoxy) is 1. The topological polar surface area (TPSA) is 35.2 Å². The van der Waals surface area contributed by atoms with Crippen molar-refractivity contribution in [2.45, 2.75) is 37.3 Å². The Morgan fingerprint density at radius 1 is 1.50 bits per heavy atom. The maximum Gasteiger partial charge on any atom is 0.0870 e. The molecule has 1 unspecified atom stereocenters. The van der Waals surface area contributed by atoms with Gasteiger partial charge in [-0.15, -0.1) is 0 Å². The zero-order chi connectivity index (χ0) is 10.0. The van der Waals surface area contributed by atoms with Crippen molar-refractivity contribution in [3.8, 4) is 0 Å². The first-order valence-corrected chi connectivity index (χ1v) is 6.06. The van der Waals surface area contributed by atoms with Crippen molar-refractivity contribution in [3.63, 3.8) is 0 Å². The molecule has 1 atom stereocenters. The Hall–Kier alpha value is -0.380. The highest BCUT2D eigenvalue weighted by Gasteiger charge is 2.40. The van der Waals surface area contributed by atoms with Crippen LogP contribution in [0.2, 0.25) is 0 Å². The van der Waals surface area contributed by atoms with Gasteiger partial charge in [-0.1, -0.05) is 12.8 Å². The molecule has 2 rings (SSSR count). The van der Waals surface area contributed by atoms with Gasteiger partial charge < -0.3 is 10.5 Å².